The van der Waals surface area contributed by atoms with Gasteiger partial charge in [0.1, 0.15) is 0 Å². The van der Waals surface area contributed by atoms with E-state index in [0.29, 0.717) is 5.11 Å². The number of anilines is 1. The zero-order valence-corrected chi connectivity index (χ0v) is 14.4. The van der Waals surface area contributed by atoms with Gasteiger partial charge in [-0.15, -0.1) is 11.3 Å². The van der Waals surface area contributed by atoms with E-state index in [4.69, 9.17) is 12.2 Å². The van der Waals surface area contributed by atoms with Crippen molar-refractivity contribution < 1.29 is 0 Å². The molecule has 0 radical (unpaired) electrons. The quantitative estimate of drug-likeness (QED) is 0.836. The first kappa shape index (κ1) is 15.4. The normalized spacial score (nSPS) is 16.9. The van der Waals surface area contributed by atoms with Crippen LogP contribution < -0.4 is 10.6 Å². The predicted molar refractivity (Wildman–Crippen MR) is 97.7 cm³/mol. The van der Waals surface area contributed by atoms with Crippen molar-refractivity contribution >= 4 is 33.8 Å². The maximum Gasteiger partial charge on any atom is 0.189 e. The van der Waals surface area contributed by atoms with E-state index >= 15 is 0 Å². The molecule has 3 nitrogen and oxygen atoms in total. The maximum absolute atomic E-state index is 5.36. The summed E-state index contributed by atoms with van der Waals surface area (Å²) in [5.41, 5.74) is 2.58. The van der Waals surface area contributed by atoms with Gasteiger partial charge < -0.3 is 10.6 Å². The lowest BCUT2D eigenvalue weighted by molar-refractivity contribution is 0.502. The van der Waals surface area contributed by atoms with Gasteiger partial charge in [0.2, 0.25) is 0 Å². The van der Waals surface area contributed by atoms with Crippen molar-refractivity contribution in [1.82, 2.24) is 10.3 Å². The Morgan fingerprint density at radius 3 is 3.00 bits per heavy atom. The van der Waals surface area contributed by atoms with Crippen molar-refractivity contribution in [2.75, 3.05) is 11.9 Å². The molecule has 1 unspecified atom stereocenters. The monoisotopic (exact) mass is 331 g/mol. The van der Waals surface area contributed by atoms with E-state index in [0.717, 1.165) is 36.9 Å². The summed E-state index contributed by atoms with van der Waals surface area (Å²) in [6.45, 7) is 3.14. The fraction of sp³-hybridized carbons (Fsp3) is 0.412. The first-order valence-electron chi connectivity index (χ1n) is 7.78. The predicted octanol–water partition coefficient (Wildman–Crippen LogP) is 3.80. The zero-order chi connectivity index (χ0) is 15.4. The van der Waals surface area contributed by atoms with Crippen LogP contribution in [-0.2, 0) is 19.3 Å². The van der Waals surface area contributed by atoms with Gasteiger partial charge in [0.05, 0.1) is 5.69 Å². The number of aryl methyl sites for hydroxylation is 1. The molecule has 0 saturated heterocycles. The van der Waals surface area contributed by atoms with Crippen LogP contribution in [0.15, 0.2) is 30.3 Å². The third-order valence-corrected chi connectivity index (χ3v) is 5.23. The van der Waals surface area contributed by atoms with Gasteiger partial charge >= 0.3 is 0 Å². The fourth-order valence-corrected chi connectivity index (χ4v) is 4.14. The molecule has 1 heterocycles. The molecule has 1 aliphatic rings. The van der Waals surface area contributed by atoms with E-state index in [2.05, 4.69) is 46.8 Å². The second kappa shape index (κ2) is 7.20. The molecular weight excluding hydrogens is 310 g/mol. The highest BCUT2D eigenvalue weighted by molar-refractivity contribution is 7.80. The van der Waals surface area contributed by atoms with Gasteiger partial charge in [0, 0.05) is 11.4 Å². The smallest absolute Gasteiger partial charge is 0.189 e. The van der Waals surface area contributed by atoms with Crippen molar-refractivity contribution in [3.63, 3.8) is 0 Å². The third kappa shape index (κ3) is 4.05. The van der Waals surface area contributed by atoms with E-state index < -0.39 is 0 Å². The highest BCUT2D eigenvalue weighted by atomic mass is 32.1. The Kier molecular flexibility index (Phi) is 5.05. The summed E-state index contributed by atoms with van der Waals surface area (Å²) in [4.78, 5) is 6.10. The van der Waals surface area contributed by atoms with Gasteiger partial charge in [-0.3, -0.25) is 0 Å². The Labute approximate surface area is 141 Å². The van der Waals surface area contributed by atoms with Crippen LogP contribution in [0.2, 0.25) is 0 Å². The molecule has 1 aromatic carbocycles. The van der Waals surface area contributed by atoms with Crippen LogP contribution in [0.3, 0.4) is 0 Å². The van der Waals surface area contributed by atoms with Crippen LogP contribution in [-0.4, -0.2) is 16.6 Å². The minimum atomic E-state index is 0.662. The Balaban J connectivity index is 1.48. The first-order chi connectivity index (χ1) is 10.7. The summed E-state index contributed by atoms with van der Waals surface area (Å²) in [5.74, 6) is 0.775. The largest absolute Gasteiger partial charge is 0.362 e. The van der Waals surface area contributed by atoms with Gasteiger partial charge in [0.15, 0.2) is 10.2 Å². The minimum Gasteiger partial charge on any atom is -0.362 e. The average molecular weight is 332 g/mol. The van der Waals surface area contributed by atoms with Crippen molar-refractivity contribution in [2.45, 2.75) is 32.6 Å². The molecule has 22 heavy (non-hydrogen) atoms. The molecule has 1 aliphatic carbocycles. The Morgan fingerprint density at radius 1 is 1.36 bits per heavy atom. The SMILES string of the molecule is CC1CCc2nc(NC(=S)NCCc3ccccc3)sc2C1. The number of thiocarbonyl (C=S) groups is 1. The number of thiazole rings is 1. The van der Waals surface area contributed by atoms with Crippen molar-refractivity contribution in [3.8, 4) is 0 Å². The molecule has 1 atom stereocenters. The lowest BCUT2D eigenvalue weighted by Gasteiger charge is -2.15. The maximum atomic E-state index is 5.36. The highest BCUT2D eigenvalue weighted by Gasteiger charge is 2.19. The second-order valence-electron chi connectivity index (χ2n) is 5.85. The van der Waals surface area contributed by atoms with Crippen LogP contribution in [0, 0.1) is 5.92 Å². The summed E-state index contributed by atoms with van der Waals surface area (Å²) in [5, 5.41) is 8.07. The number of rotatable bonds is 4. The van der Waals surface area contributed by atoms with Gasteiger partial charge in [-0.05, 0) is 49.4 Å². The van der Waals surface area contributed by atoms with E-state index in [1.54, 1.807) is 11.3 Å². The molecule has 0 bridgehead atoms. The van der Waals surface area contributed by atoms with Gasteiger partial charge in [-0.25, -0.2) is 4.98 Å². The Morgan fingerprint density at radius 2 is 2.18 bits per heavy atom. The van der Waals surface area contributed by atoms with Crippen molar-refractivity contribution in [1.29, 1.82) is 0 Å². The Bertz CT molecular complexity index is 637. The molecule has 0 amide bonds. The number of fused-ring (bicyclic) bond motifs is 1. The van der Waals surface area contributed by atoms with Crippen LogP contribution in [0.1, 0.15) is 29.5 Å². The van der Waals surface area contributed by atoms with Gasteiger partial charge in [0.25, 0.3) is 0 Å². The zero-order valence-electron chi connectivity index (χ0n) is 12.8. The average Bonchev–Trinajstić information content (AvgIpc) is 2.89. The molecule has 0 aliphatic heterocycles. The molecule has 5 heteroatoms. The lowest BCUT2D eigenvalue weighted by atomic mass is 9.93. The second-order valence-corrected chi connectivity index (χ2v) is 7.35. The van der Waals surface area contributed by atoms with E-state index in [-0.39, 0.29) is 0 Å². The standard InChI is InChI=1S/C17H21N3S2/c1-12-7-8-14-15(11-12)22-17(19-14)20-16(21)18-10-9-13-5-3-2-4-6-13/h2-6,12H,7-11H2,1H3,(H2,18,19,20,21). The molecule has 1 aromatic heterocycles. The van der Waals surface area contributed by atoms with Crippen LogP contribution in [0.25, 0.3) is 0 Å². The number of hydrogen-bond acceptors (Lipinski definition) is 3. The van der Waals surface area contributed by atoms with Crippen molar-refractivity contribution in [3.05, 3.63) is 46.5 Å². The van der Waals surface area contributed by atoms with Crippen LogP contribution >= 0.6 is 23.6 Å². The molecule has 0 saturated carbocycles. The number of nitrogens with one attached hydrogen (secondary N) is 2. The molecule has 2 N–H and O–H groups in total. The molecule has 2 aromatic rings. The summed E-state index contributed by atoms with van der Waals surface area (Å²) < 4.78 is 0. The summed E-state index contributed by atoms with van der Waals surface area (Å²) in [6, 6.07) is 10.4. The minimum absolute atomic E-state index is 0.662. The molecule has 3 rings (SSSR count). The number of nitrogens with zero attached hydrogens (tertiary/aromatic N) is 1. The topological polar surface area (TPSA) is 37.0 Å². The van der Waals surface area contributed by atoms with Crippen molar-refractivity contribution in [2.24, 2.45) is 5.92 Å². The lowest BCUT2D eigenvalue weighted by Crippen LogP contribution is -2.30. The van der Waals surface area contributed by atoms with E-state index in [1.165, 1.54) is 22.6 Å². The highest BCUT2D eigenvalue weighted by Crippen LogP contribution is 2.31. The van der Waals surface area contributed by atoms with E-state index in [1.807, 2.05) is 6.07 Å². The fourth-order valence-electron chi connectivity index (χ4n) is 2.70. The van der Waals surface area contributed by atoms with E-state index in [9.17, 15) is 0 Å². The number of benzene rings is 1. The summed E-state index contributed by atoms with van der Waals surface area (Å²) >= 11 is 7.11. The third-order valence-electron chi connectivity index (χ3n) is 3.95. The van der Waals surface area contributed by atoms with Crippen LogP contribution in [0.4, 0.5) is 5.13 Å². The molecular formula is C17H21N3S2. The molecule has 0 spiro atoms. The molecule has 116 valence electrons. The number of hydrogen-bond donors (Lipinski definition) is 2. The first-order valence-corrected chi connectivity index (χ1v) is 9.00. The summed E-state index contributed by atoms with van der Waals surface area (Å²) in [7, 11) is 0. The summed E-state index contributed by atoms with van der Waals surface area (Å²) in [6.07, 6.45) is 4.47. The molecule has 0 fully saturated rings. The Hall–Kier alpha value is -1.46. The van der Waals surface area contributed by atoms with Crippen LogP contribution in [0.5, 0.6) is 0 Å². The van der Waals surface area contributed by atoms with Gasteiger partial charge in [-0.1, -0.05) is 37.3 Å². The number of aromatic nitrogens is 1. The van der Waals surface area contributed by atoms with Gasteiger partial charge in [-0.2, -0.15) is 0 Å².